The Morgan fingerprint density at radius 2 is 1.95 bits per heavy atom. The molecule has 6 nitrogen and oxygen atoms in total. The van der Waals surface area contributed by atoms with Crippen LogP contribution in [0.25, 0.3) is 0 Å². The van der Waals surface area contributed by atoms with Gasteiger partial charge in [0.05, 0.1) is 19.3 Å². The van der Waals surface area contributed by atoms with Gasteiger partial charge in [0.15, 0.2) is 0 Å². The zero-order valence-corrected chi connectivity index (χ0v) is 12.3. The van der Waals surface area contributed by atoms with Gasteiger partial charge in [-0.05, 0) is 36.8 Å². The number of benzene rings is 1. The van der Waals surface area contributed by atoms with Gasteiger partial charge in [0.25, 0.3) is 0 Å². The number of rotatable bonds is 6. The molecule has 0 aliphatic carbocycles. The first-order chi connectivity index (χ1) is 10.2. The molecule has 1 aromatic heterocycles. The number of nitrogens with zero attached hydrogens (tertiary/aromatic N) is 2. The summed E-state index contributed by atoms with van der Waals surface area (Å²) in [5, 5.41) is 10.2. The van der Waals surface area contributed by atoms with E-state index in [9.17, 15) is 4.79 Å². The Labute approximate surface area is 124 Å². The van der Waals surface area contributed by atoms with Gasteiger partial charge in [0.1, 0.15) is 0 Å². The van der Waals surface area contributed by atoms with E-state index in [4.69, 9.17) is 0 Å². The van der Waals surface area contributed by atoms with Gasteiger partial charge in [-0.25, -0.2) is 4.79 Å². The average Bonchev–Trinajstić information content (AvgIpc) is 2.94. The third kappa shape index (κ3) is 4.24. The number of anilines is 2. The predicted molar refractivity (Wildman–Crippen MR) is 82.3 cm³/mol. The van der Waals surface area contributed by atoms with E-state index in [0.717, 1.165) is 24.3 Å². The fraction of sp³-hybridized carbons (Fsp3) is 0.333. The van der Waals surface area contributed by atoms with E-state index >= 15 is 0 Å². The molecule has 2 N–H and O–H groups in total. The van der Waals surface area contributed by atoms with Crippen LogP contribution in [0.3, 0.4) is 0 Å². The van der Waals surface area contributed by atoms with E-state index in [1.807, 2.05) is 41.2 Å². The topological polar surface area (TPSA) is 68.2 Å². The second kappa shape index (κ2) is 7.33. The number of methoxy groups -OCH3 is 1. The van der Waals surface area contributed by atoms with Gasteiger partial charge in [-0.15, -0.1) is 0 Å². The Balaban J connectivity index is 1.91. The number of nitrogens with one attached hydrogen (secondary N) is 2. The van der Waals surface area contributed by atoms with Gasteiger partial charge in [0, 0.05) is 24.1 Å². The normalized spacial score (nSPS) is 10.2. The molecule has 0 aliphatic rings. The van der Waals surface area contributed by atoms with Crippen LogP contribution in [-0.2, 0) is 17.8 Å². The fourth-order valence-corrected chi connectivity index (χ4v) is 1.96. The monoisotopic (exact) mass is 288 g/mol. The minimum atomic E-state index is -0.473. The maximum atomic E-state index is 11.1. The van der Waals surface area contributed by atoms with Crippen molar-refractivity contribution in [2.45, 2.75) is 26.4 Å². The molecule has 0 saturated heterocycles. The molecule has 1 heterocycles. The minimum Gasteiger partial charge on any atom is -0.453 e. The van der Waals surface area contributed by atoms with Crippen LogP contribution in [0.15, 0.2) is 36.5 Å². The fourth-order valence-electron chi connectivity index (χ4n) is 1.96. The van der Waals surface area contributed by atoms with E-state index in [-0.39, 0.29) is 0 Å². The van der Waals surface area contributed by atoms with Gasteiger partial charge in [-0.3, -0.25) is 10.00 Å². The van der Waals surface area contributed by atoms with Crippen LogP contribution < -0.4 is 10.6 Å². The largest absolute Gasteiger partial charge is 0.453 e. The zero-order chi connectivity index (χ0) is 15.1. The number of carbonyl (C=O) groups is 1. The molecule has 0 bridgehead atoms. The molecule has 6 heteroatoms. The highest BCUT2D eigenvalue weighted by molar-refractivity contribution is 5.84. The minimum absolute atomic E-state index is 0.473. The first-order valence-electron chi connectivity index (χ1n) is 6.92. The lowest BCUT2D eigenvalue weighted by Crippen LogP contribution is -2.11. The van der Waals surface area contributed by atoms with Crippen LogP contribution in [0.1, 0.15) is 19.0 Å². The molecule has 112 valence electrons. The summed E-state index contributed by atoms with van der Waals surface area (Å²) >= 11 is 0. The first kappa shape index (κ1) is 14.9. The van der Waals surface area contributed by atoms with Crippen molar-refractivity contribution in [1.82, 2.24) is 9.78 Å². The molecule has 0 atom stereocenters. The molecule has 0 radical (unpaired) electrons. The maximum absolute atomic E-state index is 11.1. The molecule has 2 rings (SSSR count). The quantitative estimate of drug-likeness (QED) is 0.857. The Bertz CT molecular complexity index is 578. The van der Waals surface area contributed by atoms with Crippen molar-refractivity contribution in [2.24, 2.45) is 0 Å². The van der Waals surface area contributed by atoms with E-state index in [2.05, 4.69) is 27.4 Å². The van der Waals surface area contributed by atoms with Crippen molar-refractivity contribution in [3.05, 3.63) is 42.2 Å². The Morgan fingerprint density at radius 3 is 2.62 bits per heavy atom. The number of aryl methyl sites for hydroxylation is 1. The number of amides is 1. The molecule has 21 heavy (non-hydrogen) atoms. The Morgan fingerprint density at radius 1 is 1.24 bits per heavy atom. The van der Waals surface area contributed by atoms with Crippen LogP contribution in [0.5, 0.6) is 0 Å². The molecule has 0 spiro atoms. The SMILES string of the molecule is CCCn1nccc1CNc1ccc(NC(=O)OC)cc1. The lowest BCUT2D eigenvalue weighted by molar-refractivity contribution is 0.187. The lowest BCUT2D eigenvalue weighted by Gasteiger charge is -2.10. The summed E-state index contributed by atoms with van der Waals surface area (Å²) in [6.07, 6.45) is 2.40. The van der Waals surface area contributed by atoms with Crippen LogP contribution in [0.2, 0.25) is 0 Å². The van der Waals surface area contributed by atoms with Crippen molar-refractivity contribution in [2.75, 3.05) is 17.7 Å². The first-order valence-corrected chi connectivity index (χ1v) is 6.92. The van der Waals surface area contributed by atoms with E-state index in [0.29, 0.717) is 12.2 Å². The van der Waals surface area contributed by atoms with Crippen molar-refractivity contribution in [1.29, 1.82) is 0 Å². The summed E-state index contributed by atoms with van der Waals surface area (Å²) in [6.45, 7) is 3.77. The summed E-state index contributed by atoms with van der Waals surface area (Å²) in [5.74, 6) is 0. The molecule has 1 aromatic carbocycles. The molecular weight excluding hydrogens is 268 g/mol. The highest BCUT2D eigenvalue weighted by Gasteiger charge is 2.03. The van der Waals surface area contributed by atoms with Gasteiger partial charge < -0.3 is 10.1 Å². The van der Waals surface area contributed by atoms with Crippen molar-refractivity contribution in [3.8, 4) is 0 Å². The summed E-state index contributed by atoms with van der Waals surface area (Å²) in [5.41, 5.74) is 2.83. The van der Waals surface area contributed by atoms with Crippen molar-refractivity contribution >= 4 is 17.5 Å². The van der Waals surface area contributed by atoms with Crippen LogP contribution in [0.4, 0.5) is 16.2 Å². The molecule has 0 fully saturated rings. The van der Waals surface area contributed by atoms with Gasteiger partial charge in [-0.2, -0.15) is 5.10 Å². The van der Waals surface area contributed by atoms with Gasteiger partial charge >= 0.3 is 6.09 Å². The highest BCUT2D eigenvalue weighted by atomic mass is 16.5. The second-order valence-electron chi connectivity index (χ2n) is 4.59. The summed E-state index contributed by atoms with van der Waals surface area (Å²) in [6, 6.07) is 9.47. The molecular formula is C15H20N4O2. The van der Waals surface area contributed by atoms with E-state index < -0.39 is 6.09 Å². The summed E-state index contributed by atoms with van der Waals surface area (Å²) in [4.78, 5) is 11.1. The standard InChI is InChI=1S/C15H20N4O2/c1-3-10-19-14(8-9-17-19)11-16-12-4-6-13(7-5-12)18-15(20)21-2/h4-9,16H,3,10-11H2,1-2H3,(H,18,20). The Kier molecular flexibility index (Phi) is 5.20. The average molecular weight is 288 g/mol. The van der Waals surface area contributed by atoms with Gasteiger partial charge in [0.2, 0.25) is 0 Å². The van der Waals surface area contributed by atoms with Gasteiger partial charge in [-0.1, -0.05) is 6.92 Å². The predicted octanol–water partition coefficient (Wildman–Crippen LogP) is 3.08. The van der Waals surface area contributed by atoms with Crippen LogP contribution in [-0.4, -0.2) is 23.0 Å². The van der Waals surface area contributed by atoms with Crippen molar-refractivity contribution in [3.63, 3.8) is 0 Å². The summed E-state index contributed by atoms with van der Waals surface area (Å²) < 4.78 is 6.54. The third-order valence-electron chi connectivity index (χ3n) is 3.03. The second-order valence-corrected chi connectivity index (χ2v) is 4.59. The molecule has 2 aromatic rings. The third-order valence-corrected chi connectivity index (χ3v) is 3.03. The van der Waals surface area contributed by atoms with Crippen molar-refractivity contribution < 1.29 is 9.53 Å². The number of hydrogen-bond acceptors (Lipinski definition) is 4. The van der Waals surface area contributed by atoms with Crippen LogP contribution in [0, 0.1) is 0 Å². The van der Waals surface area contributed by atoms with Crippen LogP contribution >= 0.6 is 0 Å². The molecule has 0 unspecified atom stereocenters. The lowest BCUT2D eigenvalue weighted by atomic mass is 10.2. The smallest absolute Gasteiger partial charge is 0.411 e. The number of aromatic nitrogens is 2. The van der Waals surface area contributed by atoms with E-state index in [1.54, 1.807) is 0 Å². The number of carbonyl (C=O) groups excluding carboxylic acids is 1. The number of hydrogen-bond donors (Lipinski definition) is 2. The van der Waals surface area contributed by atoms with E-state index in [1.165, 1.54) is 7.11 Å². The zero-order valence-electron chi connectivity index (χ0n) is 12.3. The Hall–Kier alpha value is -2.50. The highest BCUT2D eigenvalue weighted by Crippen LogP contribution is 2.14. The summed E-state index contributed by atoms with van der Waals surface area (Å²) in [7, 11) is 1.34. The molecule has 0 aliphatic heterocycles. The molecule has 1 amide bonds. The number of ether oxygens (including phenoxy) is 1. The molecule has 0 saturated carbocycles. The maximum Gasteiger partial charge on any atom is 0.411 e.